The molecule has 2 rings (SSSR count). The number of nitrogens with zero attached hydrogens (tertiary/aromatic N) is 1. The second-order valence-corrected chi connectivity index (χ2v) is 5.06. The summed E-state index contributed by atoms with van der Waals surface area (Å²) in [5, 5.41) is 0. The molecule has 0 spiro atoms. The Morgan fingerprint density at radius 2 is 2.12 bits per heavy atom. The quantitative estimate of drug-likeness (QED) is 0.914. The second kappa shape index (κ2) is 5.02. The fraction of sp³-hybridized carbons (Fsp3) is 0.308. The molecule has 3 nitrogen and oxygen atoms in total. The lowest BCUT2D eigenvalue weighted by Gasteiger charge is -2.06. The molecular weight excluding hydrogens is 278 g/mol. The summed E-state index contributed by atoms with van der Waals surface area (Å²) in [6.45, 7) is 4.69. The highest BCUT2D eigenvalue weighted by atomic mass is 79.9. The predicted molar refractivity (Wildman–Crippen MR) is 74.0 cm³/mol. The third kappa shape index (κ3) is 2.58. The third-order valence-corrected chi connectivity index (χ3v) is 3.24. The number of halogens is 1. The number of imidazole rings is 1. The van der Waals surface area contributed by atoms with Crippen molar-refractivity contribution in [3.05, 3.63) is 39.8 Å². The first-order valence-electron chi connectivity index (χ1n) is 5.64. The van der Waals surface area contributed by atoms with Gasteiger partial charge in [0, 0.05) is 22.2 Å². The van der Waals surface area contributed by atoms with E-state index in [0.29, 0.717) is 6.54 Å². The van der Waals surface area contributed by atoms with E-state index < -0.39 is 0 Å². The molecule has 0 aliphatic heterocycles. The zero-order valence-corrected chi connectivity index (χ0v) is 11.6. The van der Waals surface area contributed by atoms with Crippen LogP contribution in [-0.4, -0.2) is 16.5 Å². The Morgan fingerprint density at radius 1 is 1.35 bits per heavy atom. The van der Waals surface area contributed by atoms with Crippen molar-refractivity contribution in [1.82, 2.24) is 9.97 Å². The summed E-state index contributed by atoms with van der Waals surface area (Å²) in [7, 11) is 0. The molecule has 1 heterocycles. The lowest BCUT2D eigenvalue weighted by atomic mass is 10.0. The molecule has 0 radical (unpaired) electrons. The van der Waals surface area contributed by atoms with Crippen LogP contribution in [0.4, 0.5) is 0 Å². The zero-order valence-electron chi connectivity index (χ0n) is 10.0. The highest BCUT2D eigenvalue weighted by molar-refractivity contribution is 9.10. The lowest BCUT2D eigenvalue weighted by molar-refractivity contribution is 0.930. The Hall–Kier alpha value is -1.13. The van der Waals surface area contributed by atoms with Gasteiger partial charge < -0.3 is 10.7 Å². The molecule has 90 valence electrons. The second-order valence-electron chi connectivity index (χ2n) is 4.15. The van der Waals surface area contributed by atoms with Gasteiger partial charge in [-0.3, -0.25) is 0 Å². The maximum Gasteiger partial charge on any atom is 0.103 e. The van der Waals surface area contributed by atoms with E-state index in [0.717, 1.165) is 33.7 Å². The first-order chi connectivity index (χ1) is 8.11. The number of rotatable bonds is 3. The number of benzene rings is 1. The summed E-state index contributed by atoms with van der Waals surface area (Å²) in [6, 6.07) is 6.24. The Kier molecular flexibility index (Phi) is 3.64. The van der Waals surface area contributed by atoms with Crippen molar-refractivity contribution in [3.63, 3.8) is 0 Å². The fourth-order valence-electron chi connectivity index (χ4n) is 1.94. The molecule has 0 amide bonds. The van der Waals surface area contributed by atoms with Gasteiger partial charge in [-0.05, 0) is 38.1 Å². The maximum atomic E-state index is 5.63. The van der Waals surface area contributed by atoms with E-state index in [4.69, 9.17) is 5.73 Å². The molecule has 4 heteroatoms. The Morgan fingerprint density at radius 3 is 2.82 bits per heavy atom. The highest BCUT2D eigenvalue weighted by Gasteiger charge is 2.12. The molecule has 2 aromatic rings. The summed E-state index contributed by atoms with van der Waals surface area (Å²) in [4.78, 5) is 7.85. The van der Waals surface area contributed by atoms with Crippen LogP contribution < -0.4 is 5.73 Å². The van der Waals surface area contributed by atoms with Crippen LogP contribution in [0, 0.1) is 13.8 Å². The molecule has 3 N–H and O–H groups in total. The van der Waals surface area contributed by atoms with Crippen molar-refractivity contribution < 1.29 is 0 Å². The number of aromatic nitrogens is 2. The van der Waals surface area contributed by atoms with Gasteiger partial charge in [-0.1, -0.05) is 22.0 Å². The normalized spacial score (nSPS) is 10.8. The van der Waals surface area contributed by atoms with Crippen LogP contribution in [-0.2, 0) is 6.42 Å². The molecule has 1 aromatic heterocycles. The largest absolute Gasteiger partial charge is 0.346 e. The molecule has 0 unspecified atom stereocenters. The van der Waals surface area contributed by atoms with E-state index in [1.807, 2.05) is 13.0 Å². The minimum atomic E-state index is 0.627. The van der Waals surface area contributed by atoms with Crippen molar-refractivity contribution in [2.24, 2.45) is 5.73 Å². The summed E-state index contributed by atoms with van der Waals surface area (Å²) in [5.41, 5.74) is 10.1. The van der Waals surface area contributed by atoms with Crippen molar-refractivity contribution >= 4 is 15.9 Å². The number of H-pyrrole nitrogens is 1. The fourth-order valence-corrected chi connectivity index (χ4v) is 2.30. The van der Waals surface area contributed by atoms with Gasteiger partial charge >= 0.3 is 0 Å². The minimum absolute atomic E-state index is 0.627. The van der Waals surface area contributed by atoms with Crippen molar-refractivity contribution in [2.45, 2.75) is 20.3 Å². The number of nitrogens with one attached hydrogen (secondary N) is 1. The van der Waals surface area contributed by atoms with E-state index in [-0.39, 0.29) is 0 Å². The van der Waals surface area contributed by atoms with Crippen LogP contribution >= 0.6 is 15.9 Å². The molecular formula is C13H16BrN3. The lowest BCUT2D eigenvalue weighted by Crippen LogP contribution is -2.04. The molecule has 0 aliphatic rings. The van der Waals surface area contributed by atoms with Gasteiger partial charge in [0.25, 0.3) is 0 Å². The summed E-state index contributed by atoms with van der Waals surface area (Å²) in [5.74, 6) is 0.933. The Bertz CT molecular complexity index is 531. The number of aromatic amines is 1. The third-order valence-electron chi connectivity index (χ3n) is 2.75. The number of nitrogens with two attached hydrogens (primary N) is 1. The predicted octanol–water partition coefficient (Wildman–Crippen LogP) is 2.96. The van der Waals surface area contributed by atoms with Crippen LogP contribution in [0.15, 0.2) is 22.7 Å². The zero-order chi connectivity index (χ0) is 12.4. The molecule has 1 aromatic carbocycles. The van der Waals surface area contributed by atoms with Gasteiger partial charge in [-0.25, -0.2) is 4.98 Å². The summed E-state index contributed by atoms with van der Waals surface area (Å²) >= 11 is 3.50. The molecule has 0 atom stereocenters. The smallest absolute Gasteiger partial charge is 0.103 e. The average Bonchev–Trinajstić information content (AvgIpc) is 2.64. The van der Waals surface area contributed by atoms with E-state index in [1.165, 1.54) is 5.56 Å². The minimum Gasteiger partial charge on any atom is -0.346 e. The molecule has 17 heavy (non-hydrogen) atoms. The number of hydrogen-bond acceptors (Lipinski definition) is 2. The van der Waals surface area contributed by atoms with E-state index in [1.54, 1.807) is 0 Å². The first kappa shape index (κ1) is 12.3. The molecule has 0 aliphatic carbocycles. The highest BCUT2D eigenvalue weighted by Crippen LogP contribution is 2.28. The van der Waals surface area contributed by atoms with E-state index in [2.05, 4.69) is 45.0 Å². The van der Waals surface area contributed by atoms with Gasteiger partial charge in [-0.2, -0.15) is 0 Å². The monoisotopic (exact) mass is 293 g/mol. The van der Waals surface area contributed by atoms with Crippen LogP contribution in [0.5, 0.6) is 0 Å². The van der Waals surface area contributed by atoms with E-state index >= 15 is 0 Å². The van der Waals surface area contributed by atoms with Crippen LogP contribution in [0.1, 0.15) is 17.1 Å². The van der Waals surface area contributed by atoms with Gasteiger partial charge in [0.15, 0.2) is 0 Å². The average molecular weight is 294 g/mol. The van der Waals surface area contributed by atoms with Crippen molar-refractivity contribution in [1.29, 1.82) is 0 Å². The van der Waals surface area contributed by atoms with Gasteiger partial charge in [0.1, 0.15) is 5.82 Å². The SMILES string of the molecule is Cc1nc(-c2cc(Br)ccc2C)c(CCN)[nH]1. The molecule has 0 fully saturated rings. The van der Waals surface area contributed by atoms with Gasteiger partial charge in [0.05, 0.1) is 5.69 Å². The van der Waals surface area contributed by atoms with Crippen molar-refractivity contribution in [2.75, 3.05) is 6.54 Å². The Balaban J connectivity index is 2.55. The van der Waals surface area contributed by atoms with Gasteiger partial charge in [0.2, 0.25) is 0 Å². The topological polar surface area (TPSA) is 54.7 Å². The summed E-state index contributed by atoms with van der Waals surface area (Å²) < 4.78 is 1.07. The van der Waals surface area contributed by atoms with Crippen molar-refractivity contribution in [3.8, 4) is 11.3 Å². The maximum absolute atomic E-state index is 5.63. The van der Waals surface area contributed by atoms with Crippen LogP contribution in [0.2, 0.25) is 0 Å². The van der Waals surface area contributed by atoms with E-state index in [9.17, 15) is 0 Å². The molecule has 0 saturated heterocycles. The molecule has 0 saturated carbocycles. The molecule has 0 bridgehead atoms. The first-order valence-corrected chi connectivity index (χ1v) is 6.43. The number of aryl methyl sites for hydroxylation is 2. The van der Waals surface area contributed by atoms with Gasteiger partial charge in [-0.15, -0.1) is 0 Å². The summed E-state index contributed by atoms with van der Waals surface area (Å²) in [6.07, 6.45) is 0.822. The Labute approximate surface area is 110 Å². The van der Waals surface area contributed by atoms with Crippen LogP contribution in [0.3, 0.4) is 0 Å². The van der Waals surface area contributed by atoms with Crippen LogP contribution in [0.25, 0.3) is 11.3 Å². The standard InChI is InChI=1S/C13H16BrN3/c1-8-3-4-10(14)7-11(8)13-12(5-6-15)16-9(2)17-13/h3-4,7H,5-6,15H2,1-2H3,(H,16,17). The number of hydrogen-bond donors (Lipinski definition) is 2.